The van der Waals surface area contributed by atoms with Crippen LogP contribution in [0.1, 0.15) is 15.9 Å². The maximum atomic E-state index is 12.2. The lowest BCUT2D eigenvalue weighted by molar-refractivity contribution is 0.0471. The normalized spacial score (nSPS) is 12.6. The number of esters is 1. The van der Waals surface area contributed by atoms with E-state index in [2.05, 4.69) is 0 Å². The molecule has 0 atom stereocenters. The Kier molecular flexibility index (Phi) is 4.57. The first-order chi connectivity index (χ1) is 11.2. The number of ether oxygens (including phenoxy) is 4. The molecule has 2 aromatic carbocycles. The van der Waals surface area contributed by atoms with E-state index in [4.69, 9.17) is 30.5 Å². The van der Waals surface area contributed by atoms with E-state index in [0.29, 0.717) is 41.0 Å². The van der Waals surface area contributed by atoms with Crippen molar-refractivity contribution in [3.63, 3.8) is 0 Å². The van der Waals surface area contributed by atoms with Crippen LogP contribution >= 0.6 is 11.6 Å². The number of rotatable bonds is 4. The fourth-order valence-electron chi connectivity index (χ4n) is 2.22. The summed E-state index contributed by atoms with van der Waals surface area (Å²) in [6, 6.07) is 10.4. The summed E-state index contributed by atoms with van der Waals surface area (Å²) in [6.45, 7) is 1.00. The van der Waals surface area contributed by atoms with Crippen LogP contribution in [-0.2, 0) is 11.3 Å². The topological polar surface area (TPSA) is 54.0 Å². The maximum Gasteiger partial charge on any atom is 0.338 e. The molecule has 3 rings (SSSR count). The van der Waals surface area contributed by atoms with Crippen LogP contribution in [0.25, 0.3) is 0 Å². The van der Waals surface area contributed by atoms with Crippen molar-refractivity contribution < 1.29 is 23.7 Å². The first kappa shape index (κ1) is 15.5. The third-order valence-electron chi connectivity index (χ3n) is 3.34. The molecular formula is C17H15ClO5. The second-order valence-corrected chi connectivity index (χ2v) is 5.32. The van der Waals surface area contributed by atoms with Crippen molar-refractivity contribution in [3.8, 4) is 17.2 Å². The molecule has 0 radical (unpaired) electrons. The number of halogens is 1. The van der Waals surface area contributed by atoms with Gasteiger partial charge in [0, 0.05) is 0 Å². The Balaban J connectivity index is 1.72. The lowest BCUT2D eigenvalue weighted by atomic mass is 10.2. The standard InChI is InChI=1S/C17H15ClO5/c1-20-13-4-2-3-11(7-13)10-23-17(19)12-8-14(18)16-15(9-12)21-5-6-22-16/h2-4,7-9H,5-6,10H2,1H3. The van der Waals surface area contributed by atoms with Gasteiger partial charge in [-0.25, -0.2) is 4.79 Å². The minimum atomic E-state index is -0.480. The Bertz CT molecular complexity index is 729. The van der Waals surface area contributed by atoms with E-state index in [-0.39, 0.29) is 6.61 Å². The number of benzene rings is 2. The fraction of sp³-hybridized carbons (Fsp3) is 0.235. The molecule has 1 aliphatic heterocycles. The largest absolute Gasteiger partial charge is 0.497 e. The van der Waals surface area contributed by atoms with Gasteiger partial charge in [-0.2, -0.15) is 0 Å². The van der Waals surface area contributed by atoms with Crippen molar-refractivity contribution in [3.05, 3.63) is 52.5 Å². The zero-order chi connectivity index (χ0) is 16.2. The van der Waals surface area contributed by atoms with Gasteiger partial charge < -0.3 is 18.9 Å². The van der Waals surface area contributed by atoms with Gasteiger partial charge in [0.2, 0.25) is 0 Å². The molecule has 0 fully saturated rings. The van der Waals surface area contributed by atoms with E-state index in [0.717, 1.165) is 5.56 Å². The molecule has 6 heteroatoms. The zero-order valence-corrected chi connectivity index (χ0v) is 13.3. The number of carbonyl (C=O) groups excluding carboxylic acids is 1. The van der Waals surface area contributed by atoms with Crippen molar-refractivity contribution in [1.82, 2.24) is 0 Å². The SMILES string of the molecule is COc1cccc(COC(=O)c2cc(Cl)c3c(c2)OCCO3)c1. The summed E-state index contributed by atoms with van der Waals surface area (Å²) < 4.78 is 21.3. The average molecular weight is 335 g/mol. The molecule has 0 spiro atoms. The van der Waals surface area contributed by atoms with E-state index in [1.807, 2.05) is 24.3 Å². The molecule has 2 aromatic rings. The molecule has 23 heavy (non-hydrogen) atoms. The number of methoxy groups -OCH3 is 1. The Morgan fingerprint density at radius 3 is 2.87 bits per heavy atom. The molecule has 0 saturated carbocycles. The van der Waals surface area contributed by atoms with Crippen molar-refractivity contribution in [2.24, 2.45) is 0 Å². The minimum absolute atomic E-state index is 0.141. The molecular weight excluding hydrogens is 320 g/mol. The third-order valence-corrected chi connectivity index (χ3v) is 3.62. The molecule has 1 aliphatic rings. The Morgan fingerprint density at radius 2 is 2.04 bits per heavy atom. The third kappa shape index (κ3) is 3.51. The first-order valence-corrected chi connectivity index (χ1v) is 7.44. The van der Waals surface area contributed by atoms with Crippen LogP contribution in [0.15, 0.2) is 36.4 Å². The van der Waals surface area contributed by atoms with E-state index < -0.39 is 5.97 Å². The molecule has 0 aliphatic carbocycles. The van der Waals surface area contributed by atoms with Crippen LogP contribution < -0.4 is 14.2 Å². The highest BCUT2D eigenvalue weighted by molar-refractivity contribution is 6.32. The summed E-state index contributed by atoms with van der Waals surface area (Å²) in [5.41, 5.74) is 1.16. The van der Waals surface area contributed by atoms with Gasteiger partial charge in [-0.1, -0.05) is 23.7 Å². The average Bonchev–Trinajstić information content (AvgIpc) is 2.60. The summed E-state index contributed by atoms with van der Waals surface area (Å²) in [7, 11) is 1.59. The van der Waals surface area contributed by atoms with Crippen LogP contribution in [0.3, 0.4) is 0 Å². The Hall–Kier alpha value is -2.40. The molecule has 0 bridgehead atoms. The second-order valence-electron chi connectivity index (χ2n) is 4.91. The van der Waals surface area contributed by atoms with Crippen molar-refractivity contribution in [1.29, 1.82) is 0 Å². The summed E-state index contributed by atoms with van der Waals surface area (Å²) in [5, 5.41) is 0.329. The summed E-state index contributed by atoms with van der Waals surface area (Å²) in [4.78, 5) is 12.2. The van der Waals surface area contributed by atoms with Gasteiger partial charge in [-0.05, 0) is 29.8 Å². The van der Waals surface area contributed by atoms with Crippen LogP contribution in [0.5, 0.6) is 17.2 Å². The lowest BCUT2D eigenvalue weighted by Gasteiger charge is -2.20. The molecule has 0 amide bonds. The Morgan fingerprint density at radius 1 is 1.22 bits per heavy atom. The molecule has 5 nitrogen and oxygen atoms in total. The molecule has 0 N–H and O–H groups in total. The van der Waals surface area contributed by atoms with Gasteiger partial charge >= 0.3 is 5.97 Å². The highest BCUT2D eigenvalue weighted by Gasteiger charge is 2.20. The molecule has 120 valence electrons. The van der Waals surface area contributed by atoms with Gasteiger partial charge in [0.15, 0.2) is 11.5 Å². The van der Waals surface area contributed by atoms with Gasteiger partial charge in [-0.15, -0.1) is 0 Å². The molecule has 0 unspecified atom stereocenters. The monoisotopic (exact) mass is 334 g/mol. The van der Waals surface area contributed by atoms with Gasteiger partial charge in [0.05, 0.1) is 17.7 Å². The molecule has 0 saturated heterocycles. The summed E-state index contributed by atoms with van der Waals surface area (Å²) >= 11 is 6.12. The number of fused-ring (bicyclic) bond motifs is 1. The smallest absolute Gasteiger partial charge is 0.338 e. The van der Waals surface area contributed by atoms with Crippen molar-refractivity contribution in [2.75, 3.05) is 20.3 Å². The quantitative estimate of drug-likeness (QED) is 0.801. The van der Waals surface area contributed by atoms with Gasteiger partial charge in [-0.3, -0.25) is 0 Å². The fourth-order valence-corrected chi connectivity index (χ4v) is 2.49. The van der Waals surface area contributed by atoms with Crippen molar-refractivity contribution >= 4 is 17.6 Å². The lowest BCUT2D eigenvalue weighted by Crippen LogP contribution is -2.16. The first-order valence-electron chi connectivity index (χ1n) is 7.06. The van der Waals surface area contributed by atoms with E-state index in [1.165, 1.54) is 6.07 Å². The zero-order valence-electron chi connectivity index (χ0n) is 12.5. The van der Waals surface area contributed by atoms with Crippen LogP contribution in [0, 0.1) is 0 Å². The predicted molar refractivity (Wildman–Crippen MR) is 84.6 cm³/mol. The predicted octanol–water partition coefficient (Wildman–Crippen LogP) is 3.48. The van der Waals surface area contributed by atoms with Gasteiger partial charge in [0.1, 0.15) is 25.6 Å². The Labute approximate surface area is 138 Å². The van der Waals surface area contributed by atoms with Crippen LogP contribution in [-0.4, -0.2) is 26.3 Å². The maximum absolute atomic E-state index is 12.2. The minimum Gasteiger partial charge on any atom is -0.497 e. The highest BCUT2D eigenvalue weighted by Crippen LogP contribution is 2.38. The number of hydrogen-bond donors (Lipinski definition) is 0. The number of hydrogen-bond acceptors (Lipinski definition) is 5. The van der Waals surface area contributed by atoms with E-state index in [1.54, 1.807) is 13.2 Å². The summed E-state index contributed by atoms with van der Waals surface area (Å²) in [6.07, 6.45) is 0. The summed E-state index contributed by atoms with van der Waals surface area (Å²) in [5.74, 6) is 1.15. The van der Waals surface area contributed by atoms with E-state index >= 15 is 0 Å². The molecule has 0 aromatic heterocycles. The second kappa shape index (κ2) is 6.79. The van der Waals surface area contributed by atoms with Crippen LogP contribution in [0.4, 0.5) is 0 Å². The van der Waals surface area contributed by atoms with Gasteiger partial charge in [0.25, 0.3) is 0 Å². The van der Waals surface area contributed by atoms with E-state index in [9.17, 15) is 4.79 Å². The van der Waals surface area contributed by atoms with Crippen molar-refractivity contribution in [2.45, 2.75) is 6.61 Å². The highest BCUT2D eigenvalue weighted by atomic mass is 35.5. The molecule has 1 heterocycles. The van der Waals surface area contributed by atoms with Crippen LogP contribution in [0.2, 0.25) is 5.02 Å². The number of carbonyl (C=O) groups is 1.